The van der Waals surface area contributed by atoms with Gasteiger partial charge >= 0.3 is 0 Å². The zero-order chi connectivity index (χ0) is 8.81. The fourth-order valence-electron chi connectivity index (χ4n) is 1.31. The van der Waals surface area contributed by atoms with E-state index in [1.807, 2.05) is 18.3 Å². The van der Waals surface area contributed by atoms with E-state index in [2.05, 4.69) is 4.98 Å². The highest BCUT2D eigenvalue weighted by Crippen LogP contribution is 2.17. The van der Waals surface area contributed by atoms with Crippen molar-refractivity contribution in [3.8, 4) is 0 Å². The molecule has 3 nitrogen and oxygen atoms in total. The standard InChI is InChI=1S/C9H16N2O/c10-5-1-3-8(7-12)9-4-2-6-11-9/h2,4,6,8,11-12H,1,3,5,7,10H2. The molecule has 1 aromatic rings. The van der Waals surface area contributed by atoms with Crippen LogP contribution in [0.1, 0.15) is 24.5 Å². The molecular formula is C9H16N2O. The number of H-pyrrole nitrogens is 1. The average molecular weight is 168 g/mol. The van der Waals surface area contributed by atoms with Gasteiger partial charge < -0.3 is 15.8 Å². The number of nitrogens with two attached hydrogens (primary N) is 1. The lowest BCUT2D eigenvalue weighted by atomic mass is 10.0. The highest BCUT2D eigenvalue weighted by molar-refractivity contribution is 5.09. The summed E-state index contributed by atoms with van der Waals surface area (Å²) in [7, 11) is 0. The molecule has 0 aliphatic heterocycles. The molecule has 4 N–H and O–H groups in total. The lowest BCUT2D eigenvalue weighted by Crippen LogP contribution is -2.08. The Bertz CT molecular complexity index is 196. The van der Waals surface area contributed by atoms with Gasteiger partial charge in [0.15, 0.2) is 0 Å². The minimum absolute atomic E-state index is 0.195. The first kappa shape index (κ1) is 9.29. The van der Waals surface area contributed by atoms with Gasteiger partial charge in [-0.2, -0.15) is 0 Å². The Hall–Kier alpha value is -0.800. The molecular weight excluding hydrogens is 152 g/mol. The van der Waals surface area contributed by atoms with Crippen LogP contribution in [-0.4, -0.2) is 23.2 Å². The second-order valence-corrected chi connectivity index (χ2v) is 2.94. The molecule has 0 aromatic carbocycles. The molecule has 0 aliphatic carbocycles. The minimum Gasteiger partial charge on any atom is -0.396 e. The summed E-state index contributed by atoms with van der Waals surface area (Å²) in [6.07, 6.45) is 3.79. The van der Waals surface area contributed by atoms with Gasteiger partial charge in [0.1, 0.15) is 0 Å². The van der Waals surface area contributed by atoms with Crippen molar-refractivity contribution in [2.24, 2.45) is 5.73 Å². The predicted octanol–water partition coefficient (Wildman–Crippen LogP) is 0.829. The van der Waals surface area contributed by atoms with Gasteiger partial charge in [-0.1, -0.05) is 0 Å². The van der Waals surface area contributed by atoms with E-state index in [0.29, 0.717) is 6.54 Å². The molecule has 0 amide bonds. The monoisotopic (exact) mass is 168 g/mol. The van der Waals surface area contributed by atoms with Gasteiger partial charge in [0.25, 0.3) is 0 Å². The second-order valence-electron chi connectivity index (χ2n) is 2.94. The summed E-state index contributed by atoms with van der Waals surface area (Å²) in [5.41, 5.74) is 6.50. The Morgan fingerprint density at radius 3 is 2.92 bits per heavy atom. The molecule has 3 heteroatoms. The molecule has 1 unspecified atom stereocenters. The molecule has 1 atom stereocenters. The molecule has 0 saturated heterocycles. The summed E-state index contributed by atoms with van der Waals surface area (Å²) in [6.45, 7) is 0.887. The number of aromatic amines is 1. The van der Waals surface area contributed by atoms with E-state index in [0.717, 1.165) is 18.5 Å². The van der Waals surface area contributed by atoms with E-state index in [4.69, 9.17) is 10.8 Å². The zero-order valence-corrected chi connectivity index (χ0v) is 7.16. The Balaban J connectivity index is 2.45. The Morgan fingerprint density at radius 2 is 2.42 bits per heavy atom. The fraction of sp³-hybridized carbons (Fsp3) is 0.556. The lowest BCUT2D eigenvalue weighted by molar-refractivity contribution is 0.256. The van der Waals surface area contributed by atoms with Crippen molar-refractivity contribution in [3.63, 3.8) is 0 Å². The Labute approximate surface area is 72.6 Å². The highest BCUT2D eigenvalue weighted by atomic mass is 16.3. The number of aliphatic hydroxyl groups excluding tert-OH is 1. The van der Waals surface area contributed by atoms with Gasteiger partial charge in [-0.15, -0.1) is 0 Å². The minimum atomic E-state index is 0.195. The van der Waals surface area contributed by atoms with Crippen LogP contribution in [0.2, 0.25) is 0 Å². The maximum absolute atomic E-state index is 9.06. The Morgan fingerprint density at radius 1 is 1.58 bits per heavy atom. The largest absolute Gasteiger partial charge is 0.396 e. The number of aliphatic hydroxyl groups is 1. The molecule has 68 valence electrons. The van der Waals surface area contributed by atoms with Gasteiger partial charge in [-0.05, 0) is 31.5 Å². The normalized spacial score (nSPS) is 13.2. The van der Waals surface area contributed by atoms with Crippen molar-refractivity contribution in [1.82, 2.24) is 4.98 Å². The molecule has 0 fully saturated rings. The van der Waals surface area contributed by atoms with Gasteiger partial charge in [0.05, 0.1) is 6.61 Å². The van der Waals surface area contributed by atoms with Gasteiger partial charge in [-0.25, -0.2) is 0 Å². The summed E-state index contributed by atoms with van der Waals surface area (Å²) in [4.78, 5) is 3.10. The molecule has 12 heavy (non-hydrogen) atoms. The van der Waals surface area contributed by atoms with Crippen LogP contribution in [0.5, 0.6) is 0 Å². The topological polar surface area (TPSA) is 62.0 Å². The predicted molar refractivity (Wildman–Crippen MR) is 48.9 cm³/mol. The first-order valence-corrected chi connectivity index (χ1v) is 4.32. The summed E-state index contributed by atoms with van der Waals surface area (Å²) in [6, 6.07) is 3.94. The Kier molecular flexibility index (Phi) is 3.84. The molecule has 1 heterocycles. The van der Waals surface area contributed by atoms with Crippen LogP contribution < -0.4 is 5.73 Å². The zero-order valence-electron chi connectivity index (χ0n) is 7.16. The summed E-state index contributed by atoms with van der Waals surface area (Å²) >= 11 is 0. The summed E-state index contributed by atoms with van der Waals surface area (Å²) < 4.78 is 0. The van der Waals surface area contributed by atoms with Crippen molar-refractivity contribution in [2.45, 2.75) is 18.8 Å². The van der Waals surface area contributed by atoms with E-state index in [1.165, 1.54) is 0 Å². The smallest absolute Gasteiger partial charge is 0.0514 e. The summed E-state index contributed by atoms with van der Waals surface area (Å²) in [5.74, 6) is 0.226. The number of aromatic nitrogens is 1. The van der Waals surface area contributed by atoms with Crippen LogP contribution in [0.15, 0.2) is 18.3 Å². The van der Waals surface area contributed by atoms with Crippen LogP contribution in [0.4, 0.5) is 0 Å². The van der Waals surface area contributed by atoms with E-state index >= 15 is 0 Å². The molecule has 0 aliphatic rings. The number of hydrogen-bond donors (Lipinski definition) is 3. The lowest BCUT2D eigenvalue weighted by Gasteiger charge is -2.11. The third-order valence-corrected chi connectivity index (χ3v) is 2.04. The van der Waals surface area contributed by atoms with Crippen LogP contribution in [0.25, 0.3) is 0 Å². The van der Waals surface area contributed by atoms with Gasteiger partial charge in [0, 0.05) is 17.8 Å². The number of nitrogens with one attached hydrogen (secondary N) is 1. The fourth-order valence-corrected chi connectivity index (χ4v) is 1.31. The number of rotatable bonds is 5. The molecule has 1 aromatic heterocycles. The third kappa shape index (κ3) is 2.36. The molecule has 0 radical (unpaired) electrons. The van der Waals surface area contributed by atoms with Gasteiger partial charge in [-0.3, -0.25) is 0 Å². The quantitative estimate of drug-likeness (QED) is 0.609. The van der Waals surface area contributed by atoms with E-state index < -0.39 is 0 Å². The van der Waals surface area contributed by atoms with E-state index in [-0.39, 0.29) is 12.5 Å². The maximum Gasteiger partial charge on any atom is 0.0514 e. The first-order chi connectivity index (χ1) is 5.88. The van der Waals surface area contributed by atoms with Crippen molar-refractivity contribution < 1.29 is 5.11 Å². The third-order valence-electron chi connectivity index (χ3n) is 2.04. The van der Waals surface area contributed by atoms with Crippen LogP contribution >= 0.6 is 0 Å². The average Bonchev–Trinajstić information content (AvgIpc) is 2.59. The summed E-state index contributed by atoms with van der Waals surface area (Å²) in [5, 5.41) is 9.06. The van der Waals surface area contributed by atoms with Crippen molar-refractivity contribution >= 4 is 0 Å². The second kappa shape index (κ2) is 4.95. The highest BCUT2D eigenvalue weighted by Gasteiger charge is 2.09. The SMILES string of the molecule is NCCCC(CO)c1ccc[nH]1. The van der Waals surface area contributed by atoms with Crippen LogP contribution in [0, 0.1) is 0 Å². The van der Waals surface area contributed by atoms with Crippen LogP contribution in [0.3, 0.4) is 0 Å². The van der Waals surface area contributed by atoms with E-state index in [1.54, 1.807) is 0 Å². The van der Waals surface area contributed by atoms with Crippen molar-refractivity contribution in [1.29, 1.82) is 0 Å². The van der Waals surface area contributed by atoms with Gasteiger partial charge in [0.2, 0.25) is 0 Å². The molecule has 0 saturated carbocycles. The van der Waals surface area contributed by atoms with Crippen molar-refractivity contribution in [2.75, 3.05) is 13.2 Å². The maximum atomic E-state index is 9.06. The first-order valence-electron chi connectivity index (χ1n) is 4.32. The van der Waals surface area contributed by atoms with Crippen molar-refractivity contribution in [3.05, 3.63) is 24.0 Å². The molecule has 0 spiro atoms. The van der Waals surface area contributed by atoms with Crippen LogP contribution in [-0.2, 0) is 0 Å². The molecule has 0 bridgehead atoms. The van der Waals surface area contributed by atoms with E-state index in [9.17, 15) is 0 Å². The number of hydrogen-bond acceptors (Lipinski definition) is 2. The molecule has 1 rings (SSSR count).